The highest BCUT2D eigenvalue weighted by Crippen LogP contribution is 2.08. The standard InChI is InChI=1S/C11H24N2/c1-3-4-8-11(2)12-13-9-6-5-7-10-13/h11-12H,3-10H2,1-2H3. The summed E-state index contributed by atoms with van der Waals surface area (Å²) in [5.41, 5.74) is 3.59. The first kappa shape index (κ1) is 11.0. The van der Waals surface area contributed by atoms with E-state index >= 15 is 0 Å². The molecule has 0 aromatic rings. The van der Waals surface area contributed by atoms with E-state index in [2.05, 4.69) is 24.3 Å². The SMILES string of the molecule is CCCCC(C)NN1CCCCC1. The first-order valence-corrected chi connectivity index (χ1v) is 5.84. The smallest absolute Gasteiger partial charge is 0.0187 e. The molecule has 1 rings (SSSR count). The molecule has 78 valence electrons. The number of unbranched alkanes of at least 4 members (excludes halogenated alkanes) is 1. The van der Waals surface area contributed by atoms with Crippen LogP contribution in [0.2, 0.25) is 0 Å². The van der Waals surface area contributed by atoms with Gasteiger partial charge in [-0.3, -0.25) is 5.43 Å². The van der Waals surface area contributed by atoms with Crippen LogP contribution in [0.15, 0.2) is 0 Å². The zero-order chi connectivity index (χ0) is 9.52. The third kappa shape index (κ3) is 4.63. The van der Waals surface area contributed by atoms with Gasteiger partial charge in [0.2, 0.25) is 0 Å². The van der Waals surface area contributed by atoms with Crippen molar-refractivity contribution in [2.75, 3.05) is 13.1 Å². The fourth-order valence-electron chi connectivity index (χ4n) is 1.91. The van der Waals surface area contributed by atoms with Crippen molar-refractivity contribution in [1.29, 1.82) is 0 Å². The lowest BCUT2D eigenvalue weighted by Crippen LogP contribution is -2.46. The highest BCUT2D eigenvalue weighted by molar-refractivity contribution is 4.64. The van der Waals surface area contributed by atoms with Crippen LogP contribution in [0, 0.1) is 0 Å². The largest absolute Gasteiger partial charge is 0.252 e. The molecular weight excluding hydrogens is 160 g/mol. The molecule has 0 radical (unpaired) electrons. The van der Waals surface area contributed by atoms with Crippen molar-refractivity contribution in [1.82, 2.24) is 10.4 Å². The Morgan fingerprint density at radius 1 is 1.23 bits per heavy atom. The minimum atomic E-state index is 0.665. The number of piperidine rings is 1. The van der Waals surface area contributed by atoms with E-state index in [9.17, 15) is 0 Å². The molecule has 13 heavy (non-hydrogen) atoms. The van der Waals surface area contributed by atoms with Crippen LogP contribution in [0.4, 0.5) is 0 Å². The van der Waals surface area contributed by atoms with Crippen LogP contribution in [0.1, 0.15) is 52.4 Å². The van der Waals surface area contributed by atoms with Crippen molar-refractivity contribution >= 4 is 0 Å². The lowest BCUT2D eigenvalue weighted by molar-refractivity contribution is 0.129. The molecule has 0 aromatic heterocycles. The van der Waals surface area contributed by atoms with Crippen LogP contribution < -0.4 is 5.43 Å². The van der Waals surface area contributed by atoms with E-state index in [1.54, 1.807) is 0 Å². The minimum absolute atomic E-state index is 0.665. The zero-order valence-electron chi connectivity index (χ0n) is 9.18. The van der Waals surface area contributed by atoms with Gasteiger partial charge in [-0.1, -0.05) is 26.2 Å². The van der Waals surface area contributed by atoms with Gasteiger partial charge in [-0.2, -0.15) is 0 Å². The van der Waals surface area contributed by atoms with Gasteiger partial charge < -0.3 is 0 Å². The Labute approximate surface area is 82.7 Å². The van der Waals surface area contributed by atoms with Crippen molar-refractivity contribution in [2.24, 2.45) is 0 Å². The third-order valence-corrected chi connectivity index (χ3v) is 2.75. The predicted molar refractivity (Wildman–Crippen MR) is 57.5 cm³/mol. The van der Waals surface area contributed by atoms with Gasteiger partial charge in [-0.15, -0.1) is 0 Å². The second-order valence-electron chi connectivity index (χ2n) is 4.22. The molecule has 0 saturated carbocycles. The van der Waals surface area contributed by atoms with E-state index in [0.29, 0.717) is 6.04 Å². The lowest BCUT2D eigenvalue weighted by atomic mass is 10.1. The van der Waals surface area contributed by atoms with Gasteiger partial charge in [0.15, 0.2) is 0 Å². The van der Waals surface area contributed by atoms with Gasteiger partial charge in [-0.05, 0) is 26.2 Å². The number of hydrazine groups is 1. The van der Waals surface area contributed by atoms with Crippen LogP contribution in [0.25, 0.3) is 0 Å². The van der Waals surface area contributed by atoms with Gasteiger partial charge in [0.1, 0.15) is 0 Å². The Morgan fingerprint density at radius 3 is 2.54 bits per heavy atom. The first-order valence-electron chi connectivity index (χ1n) is 5.84. The molecule has 1 heterocycles. The highest BCUT2D eigenvalue weighted by atomic mass is 15.5. The maximum Gasteiger partial charge on any atom is 0.0187 e. The van der Waals surface area contributed by atoms with E-state index in [0.717, 1.165) is 0 Å². The summed E-state index contributed by atoms with van der Waals surface area (Å²) in [4.78, 5) is 0. The minimum Gasteiger partial charge on any atom is -0.252 e. The van der Waals surface area contributed by atoms with Gasteiger partial charge in [0, 0.05) is 19.1 Å². The van der Waals surface area contributed by atoms with Gasteiger partial charge in [0.25, 0.3) is 0 Å². The van der Waals surface area contributed by atoms with Crippen molar-refractivity contribution in [3.63, 3.8) is 0 Å². The Bertz CT molecular complexity index is 119. The summed E-state index contributed by atoms with van der Waals surface area (Å²) in [6, 6.07) is 0.665. The normalized spacial score (nSPS) is 21.7. The quantitative estimate of drug-likeness (QED) is 0.706. The third-order valence-electron chi connectivity index (χ3n) is 2.75. The van der Waals surface area contributed by atoms with Gasteiger partial charge in [0.05, 0.1) is 0 Å². The summed E-state index contributed by atoms with van der Waals surface area (Å²) in [7, 11) is 0. The molecule has 1 atom stereocenters. The molecule has 0 spiro atoms. The molecule has 1 N–H and O–H groups in total. The monoisotopic (exact) mass is 184 g/mol. The summed E-state index contributed by atoms with van der Waals surface area (Å²) in [6.45, 7) is 7.05. The van der Waals surface area contributed by atoms with Crippen molar-refractivity contribution in [2.45, 2.75) is 58.4 Å². The molecule has 1 aliphatic heterocycles. The average molecular weight is 184 g/mol. The van der Waals surface area contributed by atoms with E-state index in [4.69, 9.17) is 0 Å². The number of hydrogen-bond donors (Lipinski definition) is 1. The van der Waals surface area contributed by atoms with Crippen LogP contribution in [-0.2, 0) is 0 Å². The van der Waals surface area contributed by atoms with E-state index < -0.39 is 0 Å². The molecular formula is C11H24N2. The highest BCUT2D eigenvalue weighted by Gasteiger charge is 2.11. The van der Waals surface area contributed by atoms with Gasteiger partial charge >= 0.3 is 0 Å². The zero-order valence-corrected chi connectivity index (χ0v) is 9.18. The predicted octanol–water partition coefficient (Wildman–Crippen LogP) is 2.56. The molecule has 0 aliphatic carbocycles. The number of rotatable bonds is 5. The maximum absolute atomic E-state index is 3.59. The topological polar surface area (TPSA) is 15.3 Å². The lowest BCUT2D eigenvalue weighted by Gasteiger charge is -2.30. The van der Waals surface area contributed by atoms with E-state index in [-0.39, 0.29) is 0 Å². The van der Waals surface area contributed by atoms with Crippen LogP contribution in [0.5, 0.6) is 0 Å². The summed E-state index contributed by atoms with van der Waals surface area (Å²) >= 11 is 0. The van der Waals surface area contributed by atoms with Crippen molar-refractivity contribution in [3.05, 3.63) is 0 Å². The fraction of sp³-hybridized carbons (Fsp3) is 1.00. The average Bonchev–Trinajstić information content (AvgIpc) is 2.16. The Balaban J connectivity index is 2.07. The molecule has 1 fully saturated rings. The second kappa shape index (κ2) is 6.39. The molecule has 2 nitrogen and oxygen atoms in total. The molecule has 0 aromatic carbocycles. The summed E-state index contributed by atoms with van der Waals surface area (Å²) in [6.07, 6.45) is 8.13. The first-order chi connectivity index (χ1) is 6.33. The van der Waals surface area contributed by atoms with Crippen LogP contribution in [0.3, 0.4) is 0 Å². The molecule has 1 saturated heterocycles. The number of hydrogen-bond acceptors (Lipinski definition) is 2. The summed E-state index contributed by atoms with van der Waals surface area (Å²) in [5, 5.41) is 2.41. The molecule has 1 aliphatic rings. The van der Waals surface area contributed by atoms with Crippen LogP contribution >= 0.6 is 0 Å². The second-order valence-corrected chi connectivity index (χ2v) is 4.22. The van der Waals surface area contributed by atoms with Gasteiger partial charge in [-0.25, -0.2) is 5.01 Å². The molecule has 2 heteroatoms. The van der Waals surface area contributed by atoms with Crippen molar-refractivity contribution < 1.29 is 0 Å². The fourth-order valence-corrected chi connectivity index (χ4v) is 1.91. The number of nitrogens with zero attached hydrogens (tertiary/aromatic N) is 1. The Morgan fingerprint density at radius 2 is 1.92 bits per heavy atom. The Kier molecular flexibility index (Phi) is 5.40. The van der Waals surface area contributed by atoms with E-state index in [1.807, 2.05) is 0 Å². The molecule has 0 bridgehead atoms. The number of nitrogens with one attached hydrogen (secondary N) is 1. The van der Waals surface area contributed by atoms with Crippen LogP contribution in [-0.4, -0.2) is 24.1 Å². The maximum atomic E-state index is 3.59. The molecule has 1 unspecified atom stereocenters. The summed E-state index contributed by atoms with van der Waals surface area (Å²) in [5.74, 6) is 0. The summed E-state index contributed by atoms with van der Waals surface area (Å²) < 4.78 is 0. The molecule has 0 amide bonds. The van der Waals surface area contributed by atoms with Crippen molar-refractivity contribution in [3.8, 4) is 0 Å². The van der Waals surface area contributed by atoms with E-state index in [1.165, 1.54) is 51.6 Å². The Hall–Kier alpha value is -0.0800.